The van der Waals surface area contributed by atoms with E-state index in [2.05, 4.69) is 15.3 Å². The Morgan fingerprint density at radius 1 is 1.26 bits per heavy atom. The highest BCUT2D eigenvalue weighted by Crippen LogP contribution is 2.25. The van der Waals surface area contributed by atoms with Gasteiger partial charge in [-0.3, -0.25) is 4.98 Å². The molecule has 1 aromatic carbocycles. The molecule has 0 saturated heterocycles. The summed E-state index contributed by atoms with van der Waals surface area (Å²) >= 11 is 0. The summed E-state index contributed by atoms with van der Waals surface area (Å²) < 4.78 is 6.31. The number of carbonyl (C=O) groups is 1. The van der Waals surface area contributed by atoms with Crippen molar-refractivity contribution >= 4 is 5.97 Å². The first-order valence-corrected chi connectivity index (χ1v) is 6.89. The number of hydrogen-bond donors (Lipinski definition) is 1. The molecule has 0 amide bonds. The van der Waals surface area contributed by atoms with E-state index < -0.39 is 5.97 Å². The second kappa shape index (κ2) is 6.37. The van der Waals surface area contributed by atoms with E-state index >= 15 is 0 Å². The van der Waals surface area contributed by atoms with E-state index in [1.54, 1.807) is 53.5 Å². The van der Waals surface area contributed by atoms with Crippen LogP contribution in [0, 0.1) is 0 Å². The van der Waals surface area contributed by atoms with Crippen LogP contribution in [0.4, 0.5) is 0 Å². The molecule has 116 valence electrons. The Morgan fingerprint density at radius 3 is 2.74 bits per heavy atom. The Balaban J connectivity index is 2.15. The van der Waals surface area contributed by atoms with Gasteiger partial charge in [0.1, 0.15) is 11.4 Å². The highest BCUT2D eigenvalue weighted by atomic mass is 16.5. The highest BCUT2D eigenvalue weighted by Gasteiger charge is 2.16. The molecule has 0 bridgehead atoms. The van der Waals surface area contributed by atoms with Gasteiger partial charge in [-0.1, -0.05) is 11.3 Å². The average Bonchev–Trinajstić information content (AvgIpc) is 3.06. The van der Waals surface area contributed by atoms with Crippen molar-refractivity contribution in [3.8, 4) is 16.9 Å². The van der Waals surface area contributed by atoms with E-state index in [0.29, 0.717) is 22.6 Å². The van der Waals surface area contributed by atoms with Gasteiger partial charge in [0.25, 0.3) is 0 Å². The van der Waals surface area contributed by atoms with Gasteiger partial charge in [0.05, 0.1) is 25.0 Å². The average molecular weight is 310 g/mol. The third-order valence-corrected chi connectivity index (χ3v) is 3.36. The molecule has 0 aliphatic rings. The Labute approximate surface area is 132 Å². The number of aliphatic hydroxyl groups excluding tert-OH is 1. The molecule has 0 aliphatic carbocycles. The highest BCUT2D eigenvalue weighted by molar-refractivity contribution is 5.90. The predicted octanol–water partition coefficient (Wildman–Crippen LogP) is 1.61. The molecule has 3 rings (SSSR count). The van der Waals surface area contributed by atoms with E-state index in [-0.39, 0.29) is 6.61 Å². The summed E-state index contributed by atoms with van der Waals surface area (Å²) in [4.78, 5) is 15.7. The number of hydrogen-bond acceptors (Lipinski definition) is 6. The maximum Gasteiger partial charge on any atom is 0.337 e. The fraction of sp³-hybridized carbons (Fsp3) is 0.125. The molecule has 2 aromatic heterocycles. The lowest BCUT2D eigenvalue weighted by molar-refractivity contribution is 0.0600. The van der Waals surface area contributed by atoms with Gasteiger partial charge in [-0.15, -0.1) is 5.10 Å². The third kappa shape index (κ3) is 2.82. The third-order valence-electron chi connectivity index (χ3n) is 3.36. The maximum absolute atomic E-state index is 11.7. The molecule has 0 radical (unpaired) electrons. The standard InChI is InChI=1S/C16H14N4O3/c1-23-16(22)12-3-2-4-13(9-12)20-15(14(10-21)18-19-20)11-5-7-17-8-6-11/h2-9,21H,10H2,1H3. The van der Waals surface area contributed by atoms with Gasteiger partial charge in [-0.05, 0) is 30.3 Å². The molecule has 23 heavy (non-hydrogen) atoms. The second-order valence-corrected chi connectivity index (χ2v) is 4.73. The molecule has 0 aliphatic heterocycles. The van der Waals surface area contributed by atoms with Crippen molar-refractivity contribution in [2.75, 3.05) is 7.11 Å². The Hall–Kier alpha value is -3.06. The van der Waals surface area contributed by atoms with Crippen LogP contribution in [0.25, 0.3) is 16.9 Å². The van der Waals surface area contributed by atoms with Gasteiger partial charge in [0.2, 0.25) is 0 Å². The summed E-state index contributed by atoms with van der Waals surface area (Å²) in [5.41, 5.74) is 2.97. The number of aliphatic hydroxyl groups is 1. The number of aromatic nitrogens is 4. The van der Waals surface area contributed by atoms with Crippen LogP contribution >= 0.6 is 0 Å². The maximum atomic E-state index is 11.7. The van der Waals surface area contributed by atoms with Crippen molar-refractivity contribution in [3.05, 3.63) is 60.0 Å². The van der Waals surface area contributed by atoms with Gasteiger partial charge in [-0.2, -0.15) is 0 Å². The van der Waals surface area contributed by atoms with Crippen molar-refractivity contribution in [1.29, 1.82) is 0 Å². The van der Waals surface area contributed by atoms with Crippen LogP contribution in [0.15, 0.2) is 48.8 Å². The van der Waals surface area contributed by atoms with Crippen LogP contribution in [0.3, 0.4) is 0 Å². The van der Waals surface area contributed by atoms with Crippen molar-refractivity contribution in [1.82, 2.24) is 20.0 Å². The summed E-state index contributed by atoms with van der Waals surface area (Å²) in [5.74, 6) is -0.431. The number of carbonyl (C=O) groups excluding carboxylic acids is 1. The monoisotopic (exact) mass is 310 g/mol. The first kappa shape index (κ1) is 14.9. The van der Waals surface area contributed by atoms with Gasteiger partial charge >= 0.3 is 5.97 Å². The van der Waals surface area contributed by atoms with Crippen LogP contribution in [-0.2, 0) is 11.3 Å². The summed E-state index contributed by atoms with van der Waals surface area (Å²) in [5, 5.41) is 17.6. The molecule has 1 N–H and O–H groups in total. The van der Waals surface area contributed by atoms with Crippen LogP contribution in [0.1, 0.15) is 16.1 Å². The number of methoxy groups -OCH3 is 1. The molecular formula is C16H14N4O3. The van der Waals surface area contributed by atoms with Gasteiger partial charge in [0, 0.05) is 18.0 Å². The number of esters is 1. The Morgan fingerprint density at radius 2 is 2.04 bits per heavy atom. The normalized spacial score (nSPS) is 10.5. The topological polar surface area (TPSA) is 90.1 Å². The van der Waals surface area contributed by atoms with Crippen LogP contribution in [-0.4, -0.2) is 38.2 Å². The van der Waals surface area contributed by atoms with Crippen LogP contribution in [0.2, 0.25) is 0 Å². The summed E-state index contributed by atoms with van der Waals surface area (Å²) in [6.07, 6.45) is 3.30. The molecule has 0 saturated carbocycles. The molecule has 0 fully saturated rings. The predicted molar refractivity (Wildman–Crippen MR) is 81.9 cm³/mol. The zero-order chi connectivity index (χ0) is 16.2. The Kier molecular flexibility index (Phi) is 4.11. The second-order valence-electron chi connectivity index (χ2n) is 4.73. The largest absolute Gasteiger partial charge is 0.465 e. The zero-order valence-electron chi connectivity index (χ0n) is 12.4. The SMILES string of the molecule is COC(=O)c1cccc(-n2nnc(CO)c2-c2ccncc2)c1. The van der Waals surface area contributed by atoms with Crippen molar-refractivity contribution < 1.29 is 14.6 Å². The molecule has 7 heteroatoms. The zero-order valence-corrected chi connectivity index (χ0v) is 12.4. The fourth-order valence-electron chi connectivity index (χ4n) is 2.28. The van der Waals surface area contributed by atoms with Crippen molar-refractivity contribution in [2.24, 2.45) is 0 Å². The van der Waals surface area contributed by atoms with E-state index in [1.807, 2.05) is 0 Å². The minimum atomic E-state index is -0.431. The minimum Gasteiger partial charge on any atom is -0.465 e. The van der Waals surface area contributed by atoms with Crippen molar-refractivity contribution in [3.63, 3.8) is 0 Å². The van der Waals surface area contributed by atoms with E-state index in [9.17, 15) is 9.90 Å². The van der Waals surface area contributed by atoms with Crippen LogP contribution in [0.5, 0.6) is 0 Å². The lowest BCUT2D eigenvalue weighted by Crippen LogP contribution is -2.05. The molecular weight excluding hydrogens is 296 g/mol. The lowest BCUT2D eigenvalue weighted by Gasteiger charge is -2.08. The van der Waals surface area contributed by atoms with Gasteiger partial charge in [-0.25, -0.2) is 9.48 Å². The lowest BCUT2D eigenvalue weighted by atomic mass is 10.1. The molecule has 2 heterocycles. The smallest absolute Gasteiger partial charge is 0.337 e. The molecule has 7 nitrogen and oxygen atoms in total. The number of rotatable bonds is 4. The van der Waals surface area contributed by atoms with E-state index in [0.717, 1.165) is 5.56 Å². The number of nitrogens with zero attached hydrogens (tertiary/aromatic N) is 4. The van der Waals surface area contributed by atoms with E-state index in [1.165, 1.54) is 7.11 Å². The van der Waals surface area contributed by atoms with Crippen molar-refractivity contribution in [2.45, 2.75) is 6.61 Å². The molecule has 0 spiro atoms. The quantitative estimate of drug-likeness (QED) is 0.736. The van der Waals surface area contributed by atoms with E-state index in [4.69, 9.17) is 4.74 Å². The molecule has 0 unspecified atom stereocenters. The summed E-state index contributed by atoms with van der Waals surface area (Å²) in [7, 11) is 1.33. The first-order valence-electron chi connectivity index (χ1n) is 6.89. The summed E-state index contributed by atoms with van der Waals surface area (Å²) in [6, 6.07) is 10.5. The number of benzene rings is 1. The van der Waals surface area contributed by atoms with Gasteiger partial charge < -0.3 is 9.84 Å². The number of ether oxygens (including phenoxy) is 1. The first-order chi connectivity index (χ1) is 11.2. The number of pyridine rings is 1. The summed E-state index contributed by atoms with van der Waals surface area (Å²) in [6.45, 7) is -0.242. The van der Waals surface area contributed by atoms with Crippen LogP contribution < -0.4 is 0 Å². The van der Waals surface area contributed by atoms with Gasteiger partial charge in [0.15, 0.2) is 0 Å². The fourth-order valence-corrected chi connectivity index (χ4v) is 2.28. The minimum absolute atomic E-state index is 0.242. The molecule has 3 aromatic rings. The molecule has 0 atom stereocenters. The Bertz CT molecular complexity index is 830.